The van der Waals surface area contributed by atoms with Crippen LogP contribution in [0.1, 0.15) is 12.5 Å². The SMILES string of the molecule is CCNC(=NCc1ccc(F)cc1)NCCOc1ccc(OC)cc1. The van der Waals surface area contributed by atoms with Gasteiger partial charge in [-0.15, -0.1) is 0 Å². The summed E-state index contributed by atoms with van der Waals surface area (Å²) in [4.78, 5) is 4.48. The Morgan fingerprint density at radius 2 is 1.68 bits per heavy atom. The number of guanidine groups is 1. The van der Waals surface area contributed by atoms with Crippen LogP contribution in [0.4, 0.5) is 4.39 Å². The molecule has 0 amide bonds. The van der Waals surface area contributed by atoms with E-state index in [1.807, 2.05) is 31.2 Å². The highest BCUT2D eigenvalue weighted by Gasteiger charge is 1.99. The quantitative estimate of drug-likeness (QED) is 0.439. The van der Waals surface area contributed by atoms with Crippen LogP contribution in [0.5, 0.6) is 11.5 Å². The van der Waals surface area contributed by atoms with Gasteiger partial charge in [-0.25, -0.2) is 9.38 Å². The minimum atomic E-state index is -0.242. The van der Waals surface area contributed by atoms with Crippen molar-refractivity contribution < 1.29 is 13.9 Å². The first kappa shape index (κ1) is 18.6. The zero-order valence-corrected chi connectivity index (χ0v) is 14.6. The molecule has 0 saturated carbocycles. The van der Waals surface area contributed by atoms with E-state index >= 15 is 0 Å². The number of rotatable bonds is 8. The molecule has 0 unspecified atom stereocenters. The monoisotopic (exact) mass is 345 g/mol. The van der Waals surface area contributed by atoms with Gasteiger partial charge in [0.25, 0.3) is 0 Å². The Labute approximate surface area is 147 Å². The lowest BCUT2D eigenvalue weighted by molar-refractivity contribution is 0.321. The molecule has 2 aromatic carbocycles. The predicted molar refractivity (Wildman–Crippen MR) is 97.7 cm³/mol. The molecule has 0 saturated heterocycles. The molecule has 5 nitrogen and oxygen atoms in total. The lowest BCUT2D eigenvalue weighted by atomic mass is 10.2. The molecule has 0 aliphatic rings. The van der Waals surface area contributed by atoms with Crippen molar-refractivity contribution in [2.75, 3.05) is 26.8 Å². The third-order valence-corrected chi connectivity index (χ3v) is 3.40. The molecular formula is C19H24FN3O2. The van der Waals surface area contributed by atoms with Crippen LogP contribution in [-0.4, -0.2) is 32.8 Å². The molecule has 0 fully saturated rings. The molecule has 0 radical (unpaired) electrons. The summed E-state index contributed by atoms with van der Waals surface area (Å²) in [6, 6.07) is 13.8. The second-order valence-corrected chi connectivity index (χ2v) is 5.27. The molecule has 0 atom stereocenters. The third kappa shape index (κ3) is 6.71. The molecule has 6 heteroatoms. The van der Waals surface area contributed by atoms with Gasteiger partial charge < -0.3 is 20.1 Å². The molecular weight excluding hydrogens is 321 g/mol. The van der Waals surface area contributed by atoms with Gasteiger partial charge in [-0.2, -0.15) is 0 Å². The van der Waals surface area contributed by atoms with Crippen LogP contribution in [0.3, 0.4) is 0 Å². The summed E-state index contributed by atoms with van der Waals surface area (Å²) in [5.41, 5.74) is 0.952. The van der Waals surface area contributed by atoms with Gasteiger partial charge in [-0.1, -0.05) is 12.1 Å². The molecule has 0 heterocycles. The number of ether oxygens (including phenoxy) is 2. The summed E-state index contributed by atoms with van der Waals surface area (Å²) in [5, 5.41) is 6.38. The summed E-state index contributed by atoms with van der Waals surface area (Å²) in [7, 11) is 1.63. The van der Waals surface area contributed by atoms with Crippen LogP contribution in [-0.2, 0) is 6.54 Å². The maximum atomic E-state index is 12.9. The van der Waals surface area contributed by atoms with Crippen molar-refractivity contribution in [3.05, 3.63) is 59.9 Å². The smallest absolute Gasteiger partial charge is 0.191 e. The van der Waals surface area contributed by atoms with Crippen LogP contribution in [0.25, 0.3) is 0 Å². The van der Waals surface area contributed by atoms with Crippen molar-refractivity contribution in [2.24, 2.45) is 4.99 Å². The van der Waals surface area contributed by atoms with Gasteiger partial charge >= 0.3 is 0 Å². The first-order valence-corrected chi connectivity index (χ1v) is 8.24. The minimum Gasteiger partial charge on any atom is -0.497 e. The van der Waals surface area contributed by atoms with Gasteiger partial charge in [0, 0.05) is 6.54 Å². The second-order valence-electron chi connectivity index (χ2n) is 5.27. The normalized spacial score (nSPS) is 11.1. The first-order chi connectivity index (χ1) is 12.2. The molecule has 0 spiro atoms. The summed E-state index contributed by atoms with van der Waals surface area (Å²) < 4.78 is 23.7. The van der Waals surface area contributed by atoms with Gasteiger partial charge in [0.1, 0.15) is 23.9 Å². The van der Waals surface area contributed by atoms with E-state index in [2.05, 4.69) is 15.6 Å². The Morgan fingerprint density at radius 1 is 1.00 bits per heavy atom. The molecule has 134 valence electrons. The summed E-state index contributed by atoms with van der Waals surface area (Å²) >= 11 is 0. The standard InChI is InChI=1S/C19H24FN3O2/c1-3-21-19(23-14-15-4-6-16(20)7-5-15)22-12-13-25-18-10-8-17(24-2)9-11-18/h4-11H,3,12-14H2,1-2H3,(H2,21,22,23). The number of benzene rings is 2. The number of nitrogens with one attached hydrogen (secondary N) is 2. The van der Waals surface area contributed by atoms with Gasteiger partial charge in [0.2, 0.25) is 0 Å². The molecule has 2 aromatic rings. The fraction of sp³-hybridized carbons (Fsp3) is 0.316. The van der Waals surface area contributed by atoms with Crippen LogP contribution in [0.15, 0.2) is 53.5 Å². The van der Waals surface area contributed by atoms with Crippen LogP contribution < -0.4 is 20.1 Å². The molecule has 0 aliphatic heterocycles. The molecule has 0 bridgehead atoms. The maximum Gasteiger partial charge on any atom is 0.191 e. The summed E-state index contributed by atoms with van der Waals surface area (Å²) in [5.74, 6) is 2.04. The number of halogens is 1. The predicted octanol–water partition coefficient (Wildman–Crippen LogP) is 2.97. The highest BCUT2D eigenvalue weighted by atomic mass is 19.1. The highest BCUT2D eigenvalue weighted by molar-refractivity contribution is 5.79. The Kier molecular flexibility index (Phi) is 7.56. The Balaban J connectivity index is 1.77. The topological polar surface area (TPSA) is 54.9 Å². The Morgan fingerprint density at radius 3 is 2.32 bits per heavy atom. The van der Waals surface area contributed by atoms with Crippen LogP contribution in [0, 0.1) is 5.82 Å². The lowest BCUT2D eigenvalue weighted by Gasteiger charge is -2.12. The average molecular weight is 345 g/mol. The number of nitrogens with zero attached hydrogens (tertiary/aromatic N) is 1. The Hall–Kier alpha value is -2.76. The second kappa shape index (κ2) is 10.2. The van der Waals surface area contributed by atoms with E-state index in [9.17, 15) is 4.39 Å². The van der Waals surface area contributed by atoms with E-state index < -0.39 is 0 Å². The van der Waals surface area contributed by atoms with E-state index in [-0.39, 0.29) is 5.82 Å². The summed E-state index contributed by atoms with van der Waals surface area (Å²) in [6.45, 7) is 4.36. The van der Waals surface area contributed by atoms with E-state index in [0.29, 0.717) is 25.7 Å². The molecule has 2 rings (SSSR count). The lowest BCUT2D eigenvalue weighted by Crippen LogP contribution is -2.39. The van der Waals surface area contributed by atoms with E-state index in [4.69, 9.17) is 9.47 Å². The molecule has 2 N–H and O–H groups in total. The molecule has 0 aliphatic carbocycles. The van der Waals surface area contributed by atoms with E-state index in [1.165, 1.54) is 12.1 Å². The summed E-state index contributed by atoms with van der Waals surface area (Å²) in [6.07, 6.45) is 0. The van der Waals surface area contributed by atoms with Gasteiger partial charge in [-0.3, -0.25) is 0 Å². The van der Waals surface area contributed by atoms with Crippen molar-refractivity contribution >= 4 is 5.96 Å². The average Bonchev–Trinajstić information content (AvgIpc) is 2.65. The van der Waals surface area contributed by atoms with Crippen molar-refractivity contribution in [1.82, 2.24) is 10.6 Å². The van der Waals surface area contributed by atoms with Crippen LogP contribution >= 0.6 is 0 Å². The van der Waals surface area contributed by atoms with E-state index in [1.54, 1.807) is 19.2 Å². The van der Waals surface area contributed by atoms with Crippen LogP contribution in [0.2, 0.25) is 0 Å². The molecule has 0 aromatic heterocycles. The van der Waals surface area contributed by atoms with Crippen molar-refractivity contribution in [1.29, 1.82) is 0 Å². The zero-order valence-electron chi connectivity index (χ0n) is 14.6. The zero-order chi connectivity index (χ0) is 17.9. The Bertz CT molecular complexity index is 657. The maximum absolute atomic E-state index is 12.9. The minimum absolute atomic E-state index is 0.242. The number of hydrogen-bond acceptors (Lipinski definition) is 3. The third-order valence-electron chi connectivity index (χ3n) is 3.40. The van der Waals surface area contributed by atoms with Gasteiger partial charge in [-0.05, 0) is 48.9 Å². The van der Waals surface area contributed by atoms with Crippen molar-refractivity contribution in [2.45, 2.75) is 13.5 Å². The van der Waals surface area contributed by atoms with Crippen molar-refractivity contribution in [3.63, 3.8) is 0 Å². The molecule has 25 heavy (non-hydrogen) atoms. The number of hydrogen-bond donors (Lipinski definition) is 2. The number of methoxy groups -OCH3 is 1. The largest absolute Gasteiger partial charge is 0.497 e. The van der Waals surface area contributed by atoms with Crippen molar-refractivity contribution in [3.8, 4) is 11.5 Å². The highest BCUT2D eigenvalue weighted by Crippen LogP contribution is 2.16. The fourth-order valence-corrected chi connectivity index (χ4v) is 2.11. The van der Waals surface area contributed by atoms with E-state index in [0.717, 1.165) is 23.6 Å². The number of aliphatic imine (C=N–C) groups is 1. The first-order valence-electron chi connectivity index (χ1n) is 8.24. The van der Waals surface area contributed by atoms with Gasteiger partial charge in [0.15, 0.2) is 5.96 Å². The van der Waals surface area contributed by atoms with Gasteiger partial charge in [0.05, 0.1) is 20.2 Å². The fourth-order valence-electron chi connectivity index (χ4n) is 2.11.